The molecule has 0 fully saturated rings. The van der Waals surface area contributed by atoms with Crippen molar-refractivity contribution >= 4 is 34.9 Å². The van der Waals surface area contributed by atoms with E-state index in [2.05, 4.69) is 10.6 Å². The summed E-state index contributed by atoms with van der Waals surface area (Å²) in [6, 6.07) is 8.28. The zero-order valence-corrected chi connectivity index (χ0v) is 17.5. The van der Waals surface area contributed by atoms with Crippen molar-refractivity contribution < 1.29 is 24.0 Å². The van der Waals surface area contributed by atoms with Gasteiger partial charge in [0.25, 0.3) is 5.69 Å². The number of ether oxygens (including phenoxy) is 2. The second-order valence-corrected chi connectivity index (χ2v) is 6.77. The highest BCUT2D eigenvalue weighted by Crippen LogP contribution is 2.28. The Balaban J connectivity index is 1.99. The molecular formula is C20H22ClN3O6. The second kappa shape index (κ2) is 10.6. The molecule has 0 aliphatic rings. The van der Waals surface area contributed by atoms with Crippen LogP contribution in [-0.4, -0.2) is 37.6 Å². The van der Waals surface area contributed by atoms with Gasteiger partial charge in [0.1, 0.15) is 11.8 Å². The standard InChI is InChI=1S/C20H22ClN3O6/c1-12-10-14(24(27)28)5-6-16(12)23-18(25)8-9-22-19(20(26)30-3)13-4-7-17(29-2)15(21)11-13/h4-7,10-11,19,22H,8-9H2,1-3H3,(H,23,25)/t19-/m1/s1. The van der Waals surface area contributed by atoms with Gasteiger partial charge in [0, 0.05) is 30.8 Å². The highest BCUT2D eigenvalue weighted by atomic mass is 35.5. The van der Waals surface area contributed by atoms with Gasteiger partial charge in [-0.3, -0.25) is 14.9 Å². The van der Waals surface area contributed by atoms with E-state index in [-0.39, 0.29) is 24.6 Å². The van der Waals surface area contributed by atoms with E-state index < -0.39 is 16.9 Å². The molecule has 30 heavy (non-hydrogen) atoms. The lowest BCUT2D eigenvalue weighted by atomic mass is 10.1. The Labute approximate surface area is 178 Å². The molecule has 9 nitrogen and oxygen atoms in total. The molecule has 0 aliphatic heterocycles. The number of non-ortho nitro benzene ring substituents is 1. The molecule has 0 saturated carbocycles. The molecule has 2 N–H and O–H groups in total. The van der Waals surface area contributed by atoms with Gasteiger partial charge in [-0.15, -0.1) is 0 Å². The Morgan fingerprint density at radius 3 is 2.50 bits per heavy atom. The maximum atomic E-state index is 12.2. The number of halogens is 1. The van der Waals surface area contributed by atoms with E-state index in [1.807, 2.05) is 0 Å². The van der Waals surface area contributed by atoms with Crippen LogP contribution in [0.1, 0.15) is 23.6 Å². The number of esters is 1. The number of methoxy groups -OCH3 is 2. The van der Waals surface area contributed by atoms with Gasteiger partial charge in [0.05, 0.1) is 24.2 Å². The molecule has 1 atom stereocenters. The normalized spacial score (nSPS) is 11.5. The second-order valence-electron chi connectivity index (χ2n) is 6.36. The van der Waals surface area contributed by atoms with Crippen molar-refractivity contribution in [2.45, 2.75) is 19.4 Å². The average molecular weight is 436 g/mol. The number of nitro groups is 1. The van der Waals surface area contributed by atoms with Crippen LogP contribution in [0.5, 0.6) is 5.75 Å². The Hall–Kier alpha value is -3.17. The molecule has 10 heteroatoms. The Kier molecular flexibility index (Phi) is 8.14. The van der Waals surface area contributed by atoms with Crippen molar-refractivity contribution in [1.82, 2.24) is 5.32 Å². The number of nitro benzene ring substituents is 1. The smallest absolute Gasteiger partial charge is 0.327 e. The average Bonchev–Trinajstić information content (AvgIpc) is 2.72. The third-order valence-electron chi connectivity index (χ3n) is 4.34. The van der Waals surface area contributed by atoms with Crippen LogP contribution in [0.4, 0.5) is 11.4 Å². The van der Waals surface area contributed by atoms with Crippen LogP contribution < -0.4 is 15.4 Å². The molecule has 0 aliphatic carbocycles. The predicted molar refractivity (Wildman–Crippen MR) is 112 cm³/mol. The first-order valence-electron chi connectivity index (χ1n) is 8.96. The molecule has 2 aromatic rings. The first kappa shape index (κ1) is 23.1. The number of benzene rings is 2. The summed E-state index contributed by atoms with van der Waals surface area (Å²) < 4.78 is 9.94. The number of hydrogen-bond donors (Lipinski definition) is 2. The number of carbonyl (C=O) groups is 2. The highest BCUT2D eigenvalue weighted by Gasteiger charge is 2.22. The van der Waals surface area contributed by atoms with Gasteiger partial charge in [0.2, 0.25) is 5.91 Å². The number of carbonyl (C=O) groups excluding carboxylic acids is 2. The van der Waals surface area contributed by atoms with Crippen molar-refractivity contribution in [3.63, 3.8) is 0 Å². The maximum Gasteiger partial charge on any atom is 0.327 e. The van der Waals surface area contributed by atoms with Crippen LogP contribution in [0.3, 0.4) is 0 Å². The molecule has 0 unspecified atom stereocenters. The van der Waals surface area contributed by atoms with Crippen LogP contribution in [-0.2, 0) is 14.3 Å². The number of amides is 1. The first-order chi connectivity index (χ1) is 14.3. The van der Waals surface area contributed by atoms with Crippen LogP contribution in [0.25, 0.3) is 0 Å². The van der Waals surface area contributed by atoms with E-state index in [1.165, 1.54) is 32.4 Å². The largest absolute Gasteiger partial charge is 0.495 e. The van der Waals surface area contributed by atoms with Gasteiger partial charge in [-0.25, -0.2) is 4.79 Å². The molecule has 0 heterocycles. The minimum absolute atomic E-state index is 0.0498. The van der Waals surface area contributed by atoms with E-state index >= 15 is 0 Å². The third kappa shape index (κ3) is 5.91. The fraction of sp³-hybridized carbons (Fsp3) is 0.300. The zero-order chi connectivity index (χ0) is 22.3. The zero-order valence-electron chi connectivity index (χ0n) is 16.7. The topological polar surface area (TPSA) is 120 Å². The van der Waals surface area contributed by atoms with Crippen molar-refractivity contribution in [1.29, 1.82) is 0 Å². The van der Waals surface area contributed by atoms with Crippen molar-refractivity contribution in [3.05, 3.63) is 62.7 Å². The van der Waals surface area contributed by atoms with E-state index in [1.54, 1.807) is 25.1 Å². The van der Waals surface area contributed by atoms with Gasteiger partial charge in [-0.05, 0) is 36.2 Å². The van der Waals surface area contributed by atoms with Gasteiger partial charge < -0.3 is 20.1 Å². The number of nitrogens with zero attached hydrogens (tertiary/aromatic N) is 1. The minimum atomic E-state index is -0.813. The summed E-state index contributed by atoms with van der Waals surface area (Å²) in [5.74, 6) is -0.361. The Bertz CT molecular complexity index is 950. The molecule has 0 saturated heterocycles. The Morgan fingerprint density at radius 2 is 1.93 bits per heavy atom. The molecule has 1 amide bonds. The molecule has 0 aromatic heterocycles. The lowest BCUT2D eigenvalue weighted by Crippen LogP contribution is -2.32. The number of anilines is 1. The van der Waals surface area contributed by atoms with Crippen molar-refractivity contribution in [3.8, 4) is 5.75 Å². The lowest BCUT2D eigenvalue weighted by Gasteiger charge is -2.18. The van der Waals surface area contributed by atoms with Crippen molar-refractivity contribution in [2.24, 2.45) is 0 Å². The fourth-order valence-electron chi connectivity index (χ4n) is 2.76. The van der Waals surface area contributed by atoms with E-state index in [9.17, 15) is 19.7 Å². The molecular weight excluding hydrogens is 414 g/mol. The predicted octanol–water partition coefficient (Wildman–Crippen LogP) is 3.40. The van der Waals surface area contributed by atoms with Crippen LogP contribution in [0.2, 0.25) is 5.02 Å². The summed E-state index contributed by atoms with van der Waals surface area (Å²) in [6.45, 7) is 1.85. The molecule has 0 bridgehead atoms. The number of aryl methyl sites for hydroxylation is 1. The lowest BCUT2D eigenvalue weighted by molar-refractivity contribution is -0.384. The monoisotopic (exact) mass is 435 g/mol. The summed E-state index contributed by atoms with van der Waals surface area (Å²) in [4.78, 5) is 34.7. The van der Waals surface area contributed by atoms with E-state index in [4.69, 9.17) is 21.1 Å². The SMILES string of the molecule is COC(=O)[C@H](NCCC(=O)Nc1ccc([N+](=O)[O-])cc1C)c1ccc(OC)c(Cl)c1. The number of nitrogens with one attached hydrogen (secondary N) is 2. The molecule has 2 rings (SSSR count). The number of rotatable bonds is 9. The van der Waals surface area contributed by atoms with E-state index in [0.717, 1.165) is 0 Å². The summed E-state index contributed by atoms with van der Waals surface area (Å²) in [6.07, 6.45) is 0.0633. The minimum Gasteiger partial charge on any atom is -0.495 e. The highest BCUT2D eigenvalue weighted by molar-refractivity contribution is 6.32. The maximum absolute atomic E-state index is 12.2. The first-order valence-corrected chi connectivity index (χ1v) is 9.34. The van der Waals surface area contributed by atoms with E-state index in [0.29, 0.717) is 27.6 Å². The quantitative estimate of drug-likeness (QED) is 0.352. The molecule has 160 valence electrons. The number of hydrogen-bond acceptors (Lipinski definition) is 7. The van der Waals surface area contributed by atoms with Crippen LogP contribution in [0.15, 0.2) is 36.4 Å². The van der Waals surface area contributed by atoms with Crippen LogP contribution in [0, 0.1) is 17.0 Å². The fourth-order valence-corrected chi connectivity index (χ4v) is 3.03. The summed E-state index contributed by atoms with van der Waals surface area (Å²) in [7, 11) is 2.76. The van der Waals surface area contributed by atoms with Crippen molar-refractivity contribution in [2.75, 3.05) is 26.1 Å². The molecule has 0 radical (unpaired) electrons. The van der Waals surface area contributed by atoms with Gasteiger partial charge >= 0.3 is 5.97 Å². The van der Waals surface area contributed by atoms with Crippen LogP contribution >= 0.6 is 11.6 Å². The third-order valence-corrected chi connectivity index (χ3v) is 4.64. The van der Waals surface area contributed by atoms with Gasteiger partial charge in [-0.1, -0.05) is 17.7 Å². The Morgan fingerprint density at radius 1 is 1.20 bits per heavy atom. The van der Waals surface area contributed by atoms with Gasteiger partial charge in [-0.2, -0.15) is 0 Å². The van der Waals surface area contributed by atoms with Gasteiger partial charge in [0.15, 0.2) is 0 Å². The molecule has 2 aromatic carbocycles. The summed E-state index contributed by atoms with van der Waals surface area (Å²) in [5, 5.41) is 16.8. The summed E-state index contributed by atoms with van der Waals surface area (Å²) in [5.41, 5.74) is 1.58. The summed E-state index contributed by atoms with van der Waals surface area (Å²) >= 11 is 6.13. The molecule has 0 spiro atoms.